The molecule has 0 radical (unpaired) electrons. The largest absolute Gasteiger partial charge is 0.479 e. The summed E-state index contributed by atoms with van der Waals surface area (Å²) in [6.45, 7) is 0. The van der Waals surface area contributed by atoms with E-state index in [0.717, 1.165) is 17.9 Å². The van der Waals surface area contributed by atoms with Gasteiger partial charge in [-0.2, -0.15) is 4.98 Å². The standard InChI is InChI=1S/C15H24N4O/c1-19-11-4-3-5-12(19)9-10(8-11)17-14-7-6-13(16)15(18-14)20-2/h6-7,10-12H,3-5,8-9,16H2,1-2H3,(H,17,18). The summed E-state index contributed by atoms with van der Waals surface area (Å²) in [6.07, 6.45) is 6.41. The van der Waals surface area contributed by atoms with Crippen LogP contribution < -0.4 is 15.8 Å². The van der Waals surface area contributed by atoms with Crippen LogP contribution in [-0.4, -0.2) is 42.2 Å². The van der Waals surface area contributed by atoms with E-state index in [-0.39, 0.29) is 0 Å². The van der Waals surface area contributed by atoms with Crippen LogP contribution in [0.1, 0.15) is 32.1 Å². The van der Waals surface area contributed by atoms with Crippen LogP contribution in [-0.2, 0) is 0 Å². The van der Waals surface area contributed by atoms with Crippen LogP contribution in [0.3, 0.4) is 0 Å². The minimum absolute atomic E-state index is 0.502. The van der Waals surface area contributed by atoms with Crippen LogP contribution in [0, 0.1) is 0 Å². The van der Waals surface area contributed by atoms with Gasteiger partial charge in [-0.25, -0.2) is 0 Å². The van der Waals surface area contributed by atoms with Crippen molar-refractivity contribution in [3.63, 3.8) is 0 Å². The fourth-order valence-electron chi connectivity index (χ4n) is 3.64. The molecule has 110 valence electrons. The van der Waals surface area contributed by atoms with Crippen molar-refractivity contribution in [3.05, 3.63) is 12.1 Å². The summed E-state index contributed by atoms with van der Waals surface area (Å²) in [7, 11) is 3.87. The Balaban J connectivity index is 1.69. The highest BCUT2D eigenvalue weighted by atomic mass is 16.5. The van der Waals surface area contributed by atoms with Gasteiger partial charge in [-0.05, 0) is 44.9 Å². The van der Waals surface area contributed by atoms with Crippen molar-refractivity contribution in [1.29, 1.82) is 0 Å². The minimum atomic E-state index is 0.502. The Kier molecular flexibility index (Phi) is 3.70. The lowest BCUT2D eigenvalue weighted by Crippen LogP contribution is -2.52. The summed E-state index contributed by atoms with van der Waals surface area (Å²) in [4.78, 5) is 6.99. The number of nitrogens with zero attached hydrogens (tertiary/aromatic N) is 2. The molecule has 2 atom stereocenters. The van der Waals surface area contributed by atoms with E-state index in [1.165, 1.54) is 32.1 Å². The molecule has 2 fully saturated rings. The van der Waals surface area contributed by atoms with Crippen molar-refractivity contribution < 1.29 is 4.74 Å². The Labute approximate surface area is 120 Å². The van der Waals surface area contributed by atoms with Gasteiger partial charge in [-0.3, -0.25) is 0 Å². The molecule has 3 rings (SSSR count). The number of nitrogen functional groups attached to an aromatic ring is 1. The number of nitrogens with two attached hydrogens (primary N) is 1. The predicted octanol–water partition coefficient (Wildman–Crippen LogP) is 2.10. The zero-order valence-corrected chi connectivity index (χ0v) is 12.3. The third-order valence-electron chi connectivity index (χ3n) is 4.77. The van der Waals surface area contributed by atoms with E-state index in [2.05, 4.69) is 22.2 Å². The number of anilines is 2. The Morgan fingerprint density at radius 3 is 2.65 bits per heavy atom. The zero-order valence-electron chi connectivity index (χ0n) is 12.3. The van der Waals surface area contributed by atoms with Crippen molar-refractivity contribution >= 4 is 11.5 Å². The number of piperidine rings is 2. The van der Waals surface area contributed by atoms with Crippen molar-refractivity contribution in [1.82, 2.24) is 9.88 Å². The zero-order chi connectivity index (χ0) is 14.1. The van der Waals surface area contributed by atoms with Crippen molar-refractivity contribution in [2.45, 2.75) is 50.2 Å². The smallest absolute Gasteiger partial charge is 0.238 e. The third-order valence-corrected chi connectivity index (χ3v) is 4.77. The third kappa shape index (κ3) is 2.54. The van der Waals surface area contributed by atoms with E-state index in [9.17, 15) is 0 Å². The summed E-state index contributed by atoms with van der Waals surface area (Å²) >= 11 is 0. The van der Waals surface area contributed by atoms with Gasteiger partial charge in [0.15, 0.2) is 0 Å². The maximum absolute atomic E-state index is 5.80. The molecule has 0 saturated carbocycles. The molecule has 1 aromatic rings. The summed E-state index contributed by atoms with van der Waals surface area (Å²) in [5.74, 6) is 1.37. The second-order valence-electron chi connectivity index (χ2n) is 6.01. The van der Waals surface area contributed by atoms with Gasteiger partial charge in [-0.15, -0.1) is 0 Å². The van der Waals surface area contributed by atoms with E-state index < -0.39 is 0 Å². The first-order valence-electron chi connectivity index (χ1n) is 7.46. The first kappa shape index (κ1) is 13.5. The number of ether oxygens (including phenoxy) is 1. The Bertz CT molecular complexity index is 465. The molecule has 0 spiro atoms. The first-order valence-corrected chi connectivity index (χ1v) is 7.46. The molecule has 2 aliphatic rings. The highest BCUT2D eigenvalue weighted by Gasteiger charge is 2.35. The molecule has 2 unspecified atom stereocenters. The molecule has 2 bridgehead atoms. The number of aromatic nitrogens is 1. The lowest BCUT2D eigenvalue weighted by Gasteiger charge is -2.47. The van der Waals surface area contributed by atoms with E-state index in [4.69, 9.17) is 10.5 Å². The number of hydrogen-bond donors (Lipinski definition) is 2. The number of fused-ring (bicyclic) bond motifs is 2. The van der Waals surface area contributed by atoms with Crippen LogP contribution >= 0.6 is 0 Å². The van der Waals surface area contributed by atoms with Gasteiger partial charge in [0.2, 0.25) is 5.88 Å². The Morgan fingerprint density at radius 1 is 1.30 bits per heavy atom. The second kappa shape index (κ2) is 5.48. The molecular weight excluding hydrogens is 252 g/mol. The monoisotopic (exact) mass is 276 g/mol. The molecule has 3 heterocycles. The Morgan fingerprint density at radius 2 is 2.00 bits per heavy atom. The fourth-order valence-corrected chi connectivity index (χ4v) is 3.64. The summed E-state index contributed by atoms with van der Waals surface area (Å²) in [5.41, 5.74) is 6.39. The van der Waals surface area contributed by atoms with Crippen LogP contribution in [0.15, 0.2) is 12.1 Å². The van der Waals surface area contributed by atoms with E-state index in [1.807, 2.05) is 12.1 Å². The lowest BCUT2D eigenvalue weighted by atomic mass is 9.82. The maximum atomic E-state index is 5.80. The normalized spacial score (nSPS) is 30.0. The molecule has 1 aromatic heterocycles. The molecule has 2 saturated heterocycles. The minimum Gasteiger partial charge on any atom is -0.479 e. The maximum Gasteiger partial charge on any atom is 0.238 e. The van der Waals surface area contributed by atoms with E-state index in [0.29, 0.717) is 17.6 Å². The summed E-state index contributed by atoms with van der Waals surface area (Å²) < 4.78 is 5.18. The van der Waals surface area contributed by atoms with Crippen molar-refractivity contribution in [2.75, 3.05) is 25.2 Å². The van der Waals surface area contributed by atoms with Gasteiger partial charge < -0.3 is 20.7 Å². The van der Waals surface area contributed by atoms with Crippen LogP contribution in [0.5, 0.6) is 5.88 Å². The lowest BCUT2D eigenvalue weighted by molar-refractivity contribution is 0.0608. The molecule has 5 heteroatoms. The van der Waals surface area contributed by atoms with Gasteiger partial charge in [0.05, 0.1) is 12.8 Å². The number of methoxy groups -OCH3 is 1. The molecule has 0 aromatic carbocycles. The van der Waals surface area contributed by atoms with Gasteiger partial charge in [0.25, 0.3) is 0 Å². The van der Waals surface area contributed by atoms with E-state index >= 15 is 0 Å². The average molecular weight is 276 g/mol. The van der Waals surface area contributed by atoms with Crippen LogP contribution in [0.25, 0.3) is 0 Å². The highest BCUT2D eigenvalue weighted by molar-refractivity contribution is 5.53. The molecule has 3 N–H and O–H groups in total. The van der Waals surface area contributed by atoms with E-state index in [1.54, 1.807) is 7.11 Å². The van der Waals surface area contributed by atoms with Crippen LogP contribution in [0.4, 0.5) is 11.5 Å². The number of pyridine rings is 1. The Hall–Kier alpha value is -1.49. The molecule has 0 aliphatic carbocycles. The van der Waals surface area contributed by atoms with Crippen molar-refractivity contribution in [3.8, 4) is 5.88 Å². The number of rotatable bonds is 3. The molecule has 20 heavy (non-hydrogen) atoms. The van der Waals surface area contributed by atoms with Gasteiger partial charge in [0.1, 0.15) is 5.82 Å². The molecule has 0 amide bonds. The van der Waals surface area contributed by atoms with Crippen molar-refractivity contribution in [2.24, 2.45) is 0 Å². The second-order valence-corrected chi connectivity index (χ2v) is 6.01. The summed E-state index contributed by atoms with van der Waals surface area (Å²) in [6, 6.07) is 5.73. The number of hydrogen-bond acceptors (Lipinski definition) is 5. The van der Waals surface area contributed by atoms with Gasteiger partial charge in [0, 0.05) is 18.1 Å². The molecule has 5 nitrogen and oxygen atoms in total. The quantitative estimate of drug-likeness (QED) is 0.885. The highest BCUT2D eigenvalue weighted by Crippen LogP contribution is 2.34. The molecular formula is C15H24N4O. The first-order chi connectivity index (χ1) is 9.67. The van der Waals surface area contributed by atoms with Gasteiger partial charge >= 0.3 is 0 Å². The van der Waals surface area contributed by atoms with Gasteiger partial charge in [-0.1, -0.05) is 6.42 Å². The topological polar surface area (TPSA) is 63.4 Å². The predicted molar refractivity (Wildman–Crippen MR) is 81.0 cm³/mol. The SMILES string of the molecule is COc1nc(NC2CC3CCCC(C2)N3C)ccc1N. The molecule has 2 aliphatic heterocycles. The summed E-state index contributed by atoms with van der Waals surface area (Å²) in [5, 5.41) is 3.56. The number of nitrogens with one attached hydrogen (secondary N) is 1. The van der Waals surface area contributed by atoms with Crippen LogP contribution in [0.2, 0.25) is 0 Å². The fraction of sp³-hybridized carbons (Fsp3) is 0.667. The average Bonchev–Trinajstić information content (AvgIpc) is 2.42.